The zero-order valence-electron chi connectivity index (χ0n) is 22.1. The molecule has 9 heteroatoms. The van der Waals surface area contributed by atoms with Crippen LogP contribution in [-0.4, -0.2) is 57.9 Å². The van der Waals surface area contributed by atoms with Crippen LogP contribution in [0.2, 0.25) is 0 Å². The first-order chi connectivity index (χ1) is 19.0. The molecule has 1 N–H and O–H groups in total. The molecule has 3 heterocycles. The van der Waals surface area contributed by atoms with Crippen LogP contribution in [0.3, 0.4) is 0 Å². The third-order valence-corrected chi connectivity index (χ3v) is 7.22. The predicted molar refractivity (Wildman–Crippen MR) is 144 cm³/mol. The molecule has 1 aliphatic heterocycles. The number of benzene rings is 2. The standard InChI is InChI=1S/C30H33FN4O4/c1-2-38-30(37)22-12-15-35(16-13-22)29(36)27-20-39-28(33-27)19-34(18-21-7-9-24(31)10-8-21)14-11-23-17-32-26-6-4-3-5-25(23)26/h3-10,17,20,22,32H,2,11-16,18-19H2,1H3. The minimum absolute atomic E-state index is 0.168. The number of nitrogens with zero attached hydrogens (tertiary/aromatic N) is 3. The number of likely N-dealkylation sites (tertiary alicyclic amines) is 1. The number of nitrogens with one attached hydrogen (secondary N) is 1. The molecule has 1 aliphatic rings. The molecule has 39 heavy (non-hydrogen) atoms. The Kier molecular flexibility index (Phi) is 8.36. The summed E-state index contributed by atoms with van der Waals surface area (Å²) in [5, 5.41) is 1.19. The molecule has 0 bridgehead atoms. The van der Waals surface area contributed by atoms with E-state index in [9.17, 15) is 14.0 Å². The van der Waals surface area contributed by atoms with Crippen LogP contribution in [0.1, 0.15) is 47.3 Å². The smallest absolute Gasteiger partial charge is 0.309 e. The van der Waals surface area contributed by atoms with Gasteiger partial charge in [-0.15, -0.1) is 0 Å². The maximum Gasteiger partial charge on any atom is 0.309 e. The lowest BCUT2D eigenvalue weighted by atomic mass is 9.97. The minimum Gasteiger partial charge on any atom is -0.466 e. The van der Waals surface area contributed by atoms with Gasteiger partial charge in [0.25, 0.3) is 5.91 Å². The van der Waals surface area contributed by atoms with Gasteiger partial charge in [-0.2, -0.15) is 0 Å². The van der Waals surface area contributed by atoms with Crippen LogP contribution in [0, 0.1) is 11.7 Å². The van der Waals surface area contributed by atoms with E-state index in [1.807, 2.05) is 18.3 Å². The fourth-order valence-corrected chi connectivity index (χ4v) is 5.09. The molecule has 0 radical (unpaired) electrons. The van der Waals surface area contributed by atoms with Gasteiger partial charge in [0.2, 0.25) is 5.89 Å². The molecule has 204 valence electrons. The minimum atomic E-state index is -0.272. The van der Waals surface area contributed by atoms with Crippen LogP contribution >= 0.6 is 0 Å². The summed E-state index contributed by atoms with van der Waals surface area (Å²) in [4.78, 5) is 36.8. The normalized spacial score (nSPS) is 14.3. The van der Waals surface area contributed by atoms with Gasteiger partial charge in [0, 0.05) is 43.3 Å². The average Bonchev–Trinajstić information content (AvgIpc) is 3.60. The highest BCUT2D eigenvalue weighted by atomic mass is 19.1. The largest absolute Gasteiger partial charge is 0.466 e. The van der Waals surface area contributed by atoms with E-state index < -0.39 is 0 Å². The Morgan fingerprint density at radius 1 is 1.13 bits per heavy atom. The van der Waals surface area contributed by atoms with Gasteiger partial charge in [0.1, 0.15) is 12.1 Å². The molecule has 1 saturated heterocycles. The summed E-state index contributed by atoms with van der Waals surface area (Å²) >= 11 is 0. The van der Waals surface area contributed by atoms with Crippen molar-refractivity contribution in [2.24, 2.45) is 5.92 Å². The summed E-state index contributed by atoms with van der Waals surface area (Å²) in [6, 6.07) is 14.7. The molecule has 1 amide bonds. The number of oxazole rings is 1. The van der Waals surface area contributed by atoms with E-state index >= 15 is 0 Å². The number of halogens is 1. The van der Waals surface area contributed by atoms with Crippen molar-refractivity contribution in [1.82, 2.24) is 19.8 Å². The van der Waals surface area contributed by atoms with E-state index in [0.717, 1.165) is 17.5 Å². The van der Waals surface area contributed by atoms with Gasteiger partial charge in [0.05, 0.1) is 19.1 Å². The highest BCUT2D eigenvalue weighted by molar-refractivity contribution is 5.92. The number of fused-ring (bicyclic) bond motifs is 1. The van der Waals surface area contributed by atoms with Crippen LogP contribution in [-0.2, 0) is 29.0 Å². The predicted octanol–water partition coefficient (Wildman–Crippen LogP) is 4.96. The van der Waals surface area contributed by atoms with Crippen LogP contribution in [0.5, 0.6) is 0 Å². The number of hydrogen-bond donors (Lipinski definition) is 1. The number of aromatic nitrogens is 2. The van der Waals surface area contributed by atoms with Gasteiger partial charge in [-0.1, -0.05) is 30.3 Å². The number of carbonyl (C=O) groups excluding carboxylic acids is 2. The molecule has 8 nitrogen and oxygen atoms in total. The molecule has 0 unspecified atom stereocenters. The molecule has 2 aromatic heterocycles. The molecule has 0 spiro atoms. The number of hydrogen-bond acceptors (Lipinski definition) is 6. The fourth-order valence-electron chi connectivity index (χ4n) is 5.09. The van der Waals surface area contributed by atoms with E-state index in [1.165, 1.54) is 29.3 Å². The summed E-state index contributed by atoms with van der Waals surface area (Å²) in [5.74, 6) is -0.385. The van der Waals surface area contributed by atoms with Crippen molar-refractivity contribution in [2.45, 2.75) is 39.3 Å². The first-order valence-electron chi connectivity index (χ1n) is 13.4. The Bertz CT molecular complexity index is 1410. The fraction of sp³-hybridized carbons (Fsp3) is 0.367. The number of esters is 1. The first kappa shape index (κ1) is 26.6. The third kappa shape index (κ3) is 6.54. The van der Waals surface area contributed by atoms with Crippen molar-refractivity contribution in [3.63, 3.8) is 0 Å². The van der Waals surface area contributed by atoms with Crippen LogP contribution in [0.25, 0.3) is 10.9 Å². The maximum absolute atomic E-state index is 13.5. The van der Waals surface area contributed by atoms with E-state index in [1.54, 1.807) is 24.0 Å². The molecule has 0 atom stereocenters. The number of ether oxygens (including phenoxy) is 1. The molecule has 0 saturated carbocycles. The van der Waals surface area contributed by atoms with E-state index in [0.29, 0.717) is 58.1 Å². The molecule has 1 fully saturated rings. The number of para-hydroxylation sites is 1. The molecule has 0 aliphatic carbocycles. The molecule has 4 aromatic rings. The van der Waals surface area contributed by atoms with Crippen LogP contribution in [0.15, 0.2) is 65.4 Å². The SMILES string of the molecule is CCOC(=O)C1CCN(C(=O)c2coc(CN(CCc3c[nH]c4ccccc34)Cc3ccc(F)cc3)n2)CC1. The Balaban J connectivity index is 1.24. The van der Waals surface area contributed by atoms with Gasteiger partial charge in [-0.05, 0) is 55.5 Å². The van der Waals surface area contributed by atoms with Crippen molar-refractivity contribution in [1.29, 1.82) is 0 Å². The third-order valence-electron chi connectivity index (χ3n) is 7.22. The Labute approximate surface area is 226 Å². The lowest BCUT2D eigenvalue weighted by Crippen LogP contribution is -2.40. The summed E-state index contributed by atoms with van der Waals surface area (Å²) in [6.07, 6.45) is 5.40. The summed E-state index contributed by atoms with van der Waals surface area (Å²) in [5.41, 5.74) is 3.55. The molecule has 5 rings (SSSR count). The number of amides is 1. The Morgan fingerprint density at radius 3 is 2.67 bits per heavy atom. The lowest BCUT2D eigenvalue weighted by Gasteiger charge is -2.30. The van der Waals surface area contributed by atoms with Crippen LogP contribution in [0.4, 0.5) is 4.39 Å². The summed E-state index contributed by atoms with van der Waals surface area (Å²) < 4.78 is 24.3. The Morgan fingerprint density at radius 2 is 1.90 bits per heavy atom. The quantitative estimate of drug-likeness (QED) is 0.291. The van der Waals surface area contributed by atoms with Crippen molar-refractivity contribution in [2.75, 3.05) is 26.2 Å². The van der Waals surface area contributed by atoms with Crippen molar-refractivity contribution in [3.05, 3.63) is 89.5 Å². The zero-order valence-corrected chi connectivity index (χ0v) is 22.1. The second-order valence-corrected chi connectivity index (χ2v) is 9.89. The molecular formula is C30H33FN4O4. The van der Waals surface area contributed by atoms with Gasteiger partial charge in [-0.25, -0.2) is 9.37 Å². The van der Waals surface area contributed by atoms with Crippen molar-refractivity contribution in [3.8, 4) is 0 Å². The summed E-state index contributed by atoms with van der Waals surface area (Å²) in [7, 11) is 0. The summed E-state index contributed by atoms with van der Waals surface area (Å²) in [6.45, 7) is 4.80. The van der Waals surface area contributed by atoms with Gasteiger partial charge >= 0.3 is 5.97 Å². The zero-order chi connectivity index (χ0) is 27.2. The molecular weight excluding hydrogens is 499 g/mol. The molecule has 2 aromatic carbocycles. The number of piperidine rings is 1. The second-order valence-electron chi connectivity index (χ2n) is 9.89. The number of H-pyrrole nitrogens is 1. The van der Waals surface area contributed by atoms with E-state index in [-0.39, 0.29) is 29.3 Å². The second kappa shape index (κ2) is 12.3. The first-order valence-corrected chi connectivity index (χ1v) is 13.4. The number of rotatable bonds is 10. The van der Waals surface area contributed by atoms with Crippen LogP contribution < -0.4 is 0 Å². The van der Waals surface area contributed by atoms with E-state index in [2.05, 4.69) is 27.0 Å². The number of aromatic amines is 1. The highest BCUT2D eigenvalue weighted by Gasteiger charge is 2.30. The van der Waals surface area contributed by atoms with E-state index in [4.69, 9.17) is 9.15 Å². The monoisotopic (exact) mass is 532 g/mol. The average molecular weight is 533 g/mol. The number of carbonyl (C=O) groups is 2. The van der Waals surface area contributed by atoms with Crippen molar-refractivity contribution >= 4 is 22.8 Å². The van der Waals surface area contributed by atoms with Gasteiger partial charge in [-0.3, -0.25) is 14.5 Å². The van der Waals surface area contributed by atoms with Gasteiger partial charge in [0.15, 0.2) is 5.69 Å². The topological polar surface area (TPSA) is 91.7 Å². The van der Waals surface area contributed by atoms with Gasteiger partial charge < -0.3 is 19.0 Å². The highest BCUT2D eigenvalue weighted by Crippen LogP contribution is 2.22. The maximum atomic E-state index is 13.5. The van der Waals surface area contributed by atoms with Crippen molar-refractivity contribution < 1.29 is 23.1 Å². The Hall–Kier alpha value is -3.98. The lowest BCUT2D eigenvalue weighted by molar-refractivity contribution is -0.149.